The lowest BCUT2D eigenvalue weighted by molar-refractivity contribution is 0.00868. The van der Waals surface area contributed by atoms with Crippen molar-refractivity contribution in [3.05, 3.63) is 0 Å². The Morgan fingerprint density at radius 3 is 2.50 bits per heavy atom. The van der Waals surface area contributed by atoms with Gasteiger partial charge >= 0.3 is 0 Å². The predicted molar refractivity (Wildman–Crippen MR) is 57.2 cm³/mol. The van der Waals surface area contributed by atoms with Gasteiger partial charge in [-0.3, -0.25) is 0 Å². The third-order valence-electron chi connectivity index (χ3n) is 3.84. The summed E-state index contributed by atoms with van der Waals surface area (Å²) in [4.78, 5) is 0. The van der Waals surface area contributed by atoms with Gasteiger partial charge in [-0.2, -0.15) is 0 Å². The number of ether oxygens (including phenoxy) is 1. The molecular weight excluding hydrogens is 176 g/mol. The van der Waals surface area contributed by atoms with Crippen LogP contribution >= 0.6 is 0 Å². The Morgan fingerprint density at radius 2 is 2.07 bits per heavy atom. The molecule has 0 aromatic rings. The number of nitrogens with two attached hydrogens (primary N) is 1. The van der Waals surface area contributed by atoms with E-state index in [2.05, 4.69) is 12.2 Å². The van der Waals surface area contributed by atoms with E-state index in [0.29, 0.717) is 0 Å². The molecule has 0 spiro atoms. The second kappa shape index (κ2) is 3.80. The van der Waals surface area contributed by atoms with Crippen LogP contribution in [0, 0.1) is 0 Å². The Kier molecular flexibility index (Phi) is 2.82. The maximum Gasteiger partial charge on any atom is 0.0779 e. The van der Waals surface area contributed by atoms with Crippen LogP contribution in [0.2, 0.25) is 0 Å². The summed E-state index contributed by atoms with van der Waals surface area (Å²) in [6, 6.07) is 0. The maximum atomic E-state index is 5.79. The molecule has 2 rings (SSSR count). The lowest BCUT2D eigenvalue weighted by atomic mass is 9.76. The SMILES string of the molecule is CC1(CNC2(CN)CCC2)CCCO1. The van der Waals surface area contributed by atoms with Crippen molar-refractivity contribution in [2.75, 3.05) is 19.7 Å². The van der Waals surface area contributed by atoms with Crippen molar-refractivity contribution in [1.82, 2.24) is 5.32 Å². The van der Waals surface area contributed by atoms with E-state index in [9.17, 15) is 0 Å². The zero-order valence-electron chi connectivity index (χ0n) is 9.14. The lowest BCUT2D eigenvalue weighted by Crippen LogP contribution is -2.59. The second-order valence-electron chi connectivity index (χ2n) is 5.09. The molecule has 1 saturated heterocycles. The van der Waals surface area contributed by atoms with Crippen molar-refractivity contribution in [3.63, 3.8) is 0 Å². The molecule has 0 radical (unpaired) electrons. The van der Waals surface area contributed by atoms with Gasteiger partial charge in [-0.15, -0.1) is 0 Å². The lowest BCUT2D eigenvalue weighted by Gasteiger charge is -2.43. The Morgan fingerprint density at radius 1 is 1.29 bits per heavy atom. The van der Waals surface area contributed by atoms with E-state index in [1.807, 2.05) is 0 Å². The van der Waals surface area contributed by atoms with Crippen molar-refractivity contribution in [2.45, 2.75) is 50.2 Å². The molecule has 0 aromatic heterocycles. The van der Waals surface area contributed by atoms with Crippen molar-refractivity contribution >= 4 is 0 Å². The van der Waals surface area contributed by atoms with Crippen LogP contribution in [-0.4, -0.2) is 30.8 Å². The third-order valence-corrected chi connectivity index (χ3v) is 3.84. The van der Waals surface area contributed by atoms with Gasteiger partial charge in [0.25, 0.3) is 0 Å². The molecule has 0 aromatic carbocycles. The summed E-state index contributed by atoms with van der Waals surface area (Å²) in [6.45, 7) is 4.86. The Labute approximate surface area is 86.4 Å². The first kappa shape index (κ1) is 10.4. The van der Waals surface area contributed by atoms with Gasteiger partial charge in [0.1, 0.15) is 0 Å². The molecule has 1 atom stereocenters. The first-order valence-corrected chi connectivity index (χ1v) is 5.77. The summed E-state index contributed by atoms with van der Waals surface area (Å²) in [5, 5.41) is 3.61. The molecule has 1 aliphatic carbocycles. The number of hydrogen-bond donors (Lipinski definition) is 2. The summed E-state index contributed by atoms with van der Waals surface area (Å²) < 4.78 is 5.75. The van der Waals surface area contributed by atoms with Gasteiger partial charge < -0.3 is 15.8 Å². The Bertz CT molecular complexity index is 188. The van der Waals surface area contributed by atoms with E-state index in [0.717, 1.165) is 19.7 Å². The molecule has 1 unspecified atom stereocenters. The van der Waals surface area contributed by atoms with Gasteiger partial charge in [-0.25, -0.2) is 0 Å². The van der Waals surface area contributed by atoms with Crippen molar-refractivity contribution in [1.29, 1.82) is 0 Å². The van der Waals surface area contributed by atoms with E-state index >= 15 is 0 Å². The fourth-order valence-electron chi connectivity index (χ4n) is 2.41. The molecule has 1 saturated carbocycles. The number of hydrogen-bond acceptors (Lipinski definition) is 3. The molecule has 2 fully saturated rings. The molecule has 1 heterocycles. The van der Waals surface area contributed by atoms with Crippen molar-refractivity contribution in [3.8, 4) is 0 Å². The highest BCUT2D eigenvalue weighted by atomic mass is 16.5. The predicted octanol–water partition coefficient (Wildman–Crippen LogP) is 1.03. The third kappa shape index (κ3) is 1.95. The summed E-state index contributed by atoms with van der Waals surface area (Å²) in [5.74, 6) is 0. The zero-order valence-corrected chi connectivity index (χ0v) is 9.14. The highest BCUT2D eigenvalue weighted by molar-refractivity contribution is 4.99. The van der Waals surface area contributed by atoms with Crippen LogP contribution in [0.3, 0.4) is 0 Å². The van der Waals surface area contributed by atoms with E-state index in [-0.39, 0.29) is 11.1 Å². The van der Waals surface area contributed by atoms with Crippen LogP contribution in [0.5, 0.6) is 0 Å². The van der Waals surface area contributed by atoms with Gasteiger partial charge in [0.15, 0.2) is 0 Å². The molecule has 14 heavy (non-hydrogen) atoms. The Balaban J connectivity index is 1.80. The first-order chi connectivity index (χ1) is 6.68. The van der Waals surface area contributed by atoms with Crippen LogP contribution in [-0.2, 0) is 4.74 Å². The molecule has 3 N–H and O–H groups in total. The average Bonchev–Trinajstić information content (AvgIpc) is 2.52. The van der Waals surface area contributed by atoms with E-state index in [1.165, 1.54) is 32.1 Å². The molecule has 1 aliphatic heterocycles. The van der Waals surface area contributed by atoms with Gasteiger partial charge in [0.2, 0.25) is 0 Å². The summed E-state index contributed by atoms with van der Waals surface area (Å²) in [6.07, 6.45) is 6.18. The fraction of sp³-hybridized carbons (Fsp3) is 1.00. The molecule has 2 aliphatic rings. The van der Waals surface area contributed by atoms with Crippen LogP contribution in [0.4, 0.5) is 0 Å². The summed E-state index contributed by atoms with van der Waals surface area (Å²) >= 11 is 0. The molecular formula is C11H22N2O. The molecule has 3 heteroatoms. The summed E-state index contributed by atoms with van der Waals surface area (Å²) in [7, 11) is 0. The molecule has 0 amide bonds. The minimum Gasteiger partial charge on any atom is -0.374 e. The van der Waals surface area contributed by atoms with Crippen molar-refractivity contribution < 1.29 is 4.74 Å². The largest absolute Gasteiger partial charge is 0.374 e. The monoisotopic (exact) mass is 198 g/mol. The highest BCUT2D eigenvalue weighted by Gasteiger charge is 2.38. The quantitative estimate of drug-likeness (QED) is 0.709. The van der Waals surface area contributed by atoms with E-state index < -0.39 is 0 Å². The number of rotatable bonds is 4. The van der Waals surface area contributed by atoms with Gasteiger partial charge in [-0.1, -0.05) is 0 Å². The fourth-order valence-corrected chi connectivity index (χ4v) is 2.41. The minimum absolute atomic E-state index is 0.0672. The zero-order chi connectivity index (χ0) is 10.1. The van der Waals surface area contributed by atoms with Gasteiger partial charge in [0.05, 0.1) is 5.60 Å². The average molecular weight is 198 g/mol. The standard InChI is InChI=1S/C11H22N2O/c1-10(4-3-7-14-10)9-13-11(8-12)5-2-6-11/h13H,2-9,12H2,1H3. The normalized spacial score (nSPS) is 35.6. The van der Waals surface area contributed by atoms with Crippen LogP contribution in [0.25, 0.3) is 0 Å². The van der Waals surface area contributed by atoms with Gasteiger partial charge in [0, 0.05) is 25.2 Å². The molecule has 3 nitrogen and oxygen atoms in total. The van der Waals surface area contributed by atoms with Crippen LogP contribution < -0.4 is 11.1 Å². The number of nitrogens with one attached hydrogen (secondary N) is 1. The van der Waals surface area contributed by atoms with Crippen molar-refractivity contribution in [2.24, 2.45) is 5.73 Å². The maximum absolute atomic E-state index is 5.79. The second-order valence-corrected chi connectivity index (χ2v) is 5.09. The molecule has 0 bridgehead atoms. The molecule has 82 valence electrons. The first-order valence-electron chi connectivity index (χ1n) is 5.77. The summed E-state index contributed by atoms with van der Waals surface area (Å²) in [5.41, 5.74) is 6.11. The van der Waals surface area contributed by atoms with E-state index in [4.69, 9.17) is 10.5 Å². The smallest absolute Gasteiger partial charge is 0.0779 e. The van der Waals surface area contributed by atoms with Gasteiger partial charge in [-0.05, 0) is 39.0 Å². The highest BCUT2D eigenvalue weighted by Crippen LogP contribution is 2.32. The van der Waals surface area contributed by atoms with E-state index in [1.54, 1.807) is 0 Å². The topological polar surface area (TPSA) is 47.3 Å². The minimum atomic E-state index is 0.0672. The van der Waals surface area contributed by atoms with Crippen LogP contribution in [0.1, 0.15) is 39.0 Å². The Hall–Kier alpha value is -0.120. The van der Waals surface area contributed by atoms with Crippen LogP contribution in [0.15, 0.2) is 0 Å².